The summed E-state index contributed by atoms with van der Waals surface area (Å²) in [7, 11) is 0. The third-order valence-electron chi connectivity index (χ3n) is 4.53. The number of nitrogens with one attached hydrogen (secondary N) is 1. The van der Waals surface area contributed by atoms with E-state index in [1.165, 1.54) is 11.1 Å². The van der Waals surface area contributed by atoms with Crippen LogP contribution in [-0.2, 0) is 5.41 Å². The molecule has 0 aliphatic rings. The maximum Gasteiger partial charge on any atom is 0.155 e. The Kier molecular flexibility index (Phi) is 4.18. The largest absolute Gasteiger partial charge is 0.330 e. The number of hydrogen-bond acceptors (Lipinski definition) is 3. The topological polar surface area (TPSA) is 67.6 Å². The van der Waals surface area contributed by atoms with Crippen LogP contribution < -0.4 is 5.73 Å². The van der Waals surface area contributed by atoms with Crippen molar-refractivity contribution < 1.29 is 0 Å². The van der Waals surface area contributed by atoms with E-state index in [0.717, 1.165) is 23.0 Å². The SMILES string of the molecule is CC(C)CC(C)(CN)c1cccc(-c2ccnc3[nH]ncc23)c1. The zero-order chi connectivity index (χ0) is 16.4. The van der Waals surface area contributed by atoms with Gasteiger partial charge >= 0.3 is 0 Å². The van der Waals surface area contributed by atoms with Gasteiger partial charge in [0.25, 0.3) is 0 Å². The van der Waals surface area contributed by atoms with Gasteiger partial charge in [0.1, 0.15) is 0 Å². The number of benzene rings is 1. The number of fused-ring (bicyclic) bond motifs is 1. The van der Waals surface area contributed by atoms with Gasteiger partial charge < -0.3 is 5.73 Å². The number of aromatic amines is 1. The number of H-pyrrole nitrogens is 1. The number of rotatable bonds is 5. The lowest BCUT2D eigenvalue weighted by Gasteiger charge is -2.31. The molecule has 3 N–H and O–H groups in total. The van der Waals surface area contributed by atoms with Crippen molar-refractivity contribution in [3.05, 3.63) is 48.3 Å². The molecule has 4 nitrogen and oxygen atoms in total. The molecule has 23 heavy (non-hydrogen) atoms. The smallest absolute Gasteiger partial charge is 0.155 e. The molecule has 0 fully saturated rings. The maximum atomic E-state index is 6.13. The summed E-state index contributed by atoms with van der Waals surface area (Å²) in [5.74, 6) is 0.605. The molecule has 1 atom stereocenters. The van der Waals surface area contributed by atoms with Gasteiger partial charge in [-0.25, -0.2) is 4.98 Å². The molecule has 0 bridgehead atoms. The fourth-order valence-electron chi connectivity index (χ4n) is 3.38. The molecular weight excluding hydrogens is 284 g/mol. The van der Waals surface area contributed by atoms with Crippen LogP contribution in [0, 0.1) is 5.92 Å². The van der Waals surface area contributed by atoms with E-state index in [1.807, 2.05) is 18.5 Å². The summed E-state index contributed by atoms with van der Waals surface area (Å²) in [6, 6.07) is 10.7. The second kappa shape index (κ2) is 6.13. The number of hydrogen-bond donors (Lipinski definition) is 2. The summed E-state index contributed by atoms with van der Waals surface area (Å²) in [6.45, 7) is 7.39. The zero-order valence-corrected chi connectivity index (χ0v) is 14.0. The summed E-state index contributed by atoms with van der Waals surface area (Å²) < 4.78 is 0. The Morgan fingerprint density at radius 2 is 2.09 bits per heavy atom. The normalized spacial score (nSPS) is 14.3. The van der Waals surface area contributed by atoms with E-state index in [9.17, 15) is 0 Å². The monoisotopic (exact) mass is 308 g/mol. The lowest BCUT2D eigenvalue weighted by Crippen LogP contribution is -2.33. The van der Waals surface area contributed by atoms with E-state index in [1.54, 1.807) is 0 Å². The number of nitrogens with two attached hydrogens (primary N) is 1. The summed E-state index contributed by atoms with van der Waals surface area (Å²) >= 11 is 0. The fraction of sp³-hybridized carbons (Fsp3) is 0.368. The summed E-state index contributed by atoms with van der Waals surface area (Å²) in [5, 5.41) is 8.08. The minimum atomic E-state index is -0.00722. The van der Waals surface area contributed by atoms with Crippen LogP contribution in [0.25, 0.3) is 22.2 Å². The third kappa shape index (κ3) is 2.99. The van der Waals surface area contributed by atoms with E-state index in [2.05, 4.69) is 60.2 Å². The minimum absolute atomic E-state index is 0.00722. The summed E-state index contributed by atoms with van der Waals surface area (Å²) in [5.41, 5.74) is 10.6. The van der Waals surface area contributed by atoms with Crippen molar-refractivity contribution in [3.63, 3.8) is 0 Å². The van der Waals surface area contributed by atoms with Gasteiger partial charge in [0.15, 0.2) is 5.65 Å². The standard InChI is InChI=1S/C19H24N4/c1-13(2)10-19(3,12-20)15-6-4-5-14(9-15)16-7-8-21-18-17(16)11-22-23-18/h4-9,11,13H,10,12,20H2,1-3H3,(H,21,22,23). The summed E-state index contributed by atoms with van der Waals surface area (Å²) in [4.78, 5) is 4.32. The maximum absolute atomic E-state index is 6.13. The quantitative estimate of drug-likeness (QED) is 0.751. The lowest BCUT2D eigenvalue weighted by molar-refractivity contribution is 0.377. The molecule has 4 heteroatoms. The highest BCUT2D eigenvalue weighted by molar-refractivity contribution is 5.92. The molecule has 1 aromatic carbocycles. The highest BCUT2D eigenvalue weighted by atomic mass is 15.1. The molecule has 0 aliphatic carbocycles. The van der Waals surface area contributed by atoms with Crippen molar-refractivity contribution in [3.8, 4) is 11.1 Å². The Labute approximate surface area is 137 Å². The number of aromatic nitrogens is 3. The summed E-state index contributed by atoms with van der Waals surface area (Å²) in [6.07, 6.45) is 4.73. The van der Waals surface area contributed by atoms with Gasteiger partial charge in [0.05, 0.1) is 6.20 Å². The first-order valence-electron chi connectivity index (χ1n) is 8.12. The Morgan fingerprint density at radius 1 is 1.26 bits per heavy atom. The van der Waals surface area contributed by atoms with E-state index in [-0.39, 0.29) is 5.41 Å². The van der Waals surface area contributed by atoms with Crippen LogP contribution in [0.1, 0.15) is 32.8 Å². The zero-order valence-electron chi connectivity index (χ0n) is 14.0. The molecule has 2 heterocycles. The number of nitrogens with zero attached hydrogens (tertiary/aromatic N) is 2. The molecule has 1 unspecified atom stereocenters. The van der Waals surface area contributed by atoms with Gasteiger partial charge in [0.2, 0.25) is 0 Å². The van der Waals surface area contributed by atoms with E-state index in [4.69, 9.17) is 5.73 Å². The van der Waals surface area contributed by atoms with Crippen LogP contribution in [0.5, 0.6) is 0 Å². The Morgan fingerprint density at radius 3 is 2.83 bits per heavy atom. The van der Waals surface area contributed by atoms with Gasteiger partial charge in [-0.2, -0.15) is 5.10 Å². The Balaban J connectivity index is 2.08. The van der Waals surface area contributed by atoms with Crippen LogP contribution in [0.3, 0.4) is 0 Å². The second-order valence-electron chi connectivity index (χ2n) is 6.93. The average Bonchev–Trinajstić information content (AvgIpc) is 3.02. The predicted octanol–water partition coefficient (Wildman–Crippen LogP) is 3.89. The second-order valence-corrected chi connectivity index (χ2v) is 6.93. The van der Waals surface area contributed by atoms with Gasteiger partial charge in [-0.05, 0) is 35.1 Å². The van der Waals surface area contributed by atoms with Gasteiger partial charge in [-0.1, -0.05) is 45.0 Å². The van der Waals surface area contributed by atoms with E-state index in [0.29, 0.717) is 12.5 Å². The van der Waals surface area contributed by atoms with Crippen molar-refractivity contribution in [2.45, 2.75) is 32.6 Å². The molecule has 3 rings (SSSR count). The molecule has 0 spiro atoms. The molecular formula is C19H24N4. The van der Waals surface area contributed by atoms with Gasteiger partial charge in [-0.3, -0.25) is 5.10 Å². The number of pyridine rings is 1. The van der Waals surface area contributed by atoms with Crippen molar-refractivity contribution in [1.82, 2.24) is 15.2 Å². The first-order chi connectivity index (χ1) is 11.0. The molecule has 0 saturated carbocycles. The van der Waals surface area contributed by atoms with Crippen LogP contribution in [0.4, 0.5) is 0 Å². The van der Waals surface area contributed by atoms with Crippen molar-refractivity contribution in [2.24, 2.45) is 11.7 Å². The molecule has 0 aliphatic heterocycles. The highest BCUT2D eigenvalue weighted by Crippen LogP contribution is 2.34. The van der Waals surface area contributed by atoms with E-state index >= 15 is 0 Å². The van der Waals surface area contributed by atoms with Crippen molar-refractivity contribution >= 4 is 11.0 Å². The third-order valence-corrected chi connectivity index (χ3v) is 4.53. The first kappa shape index (κ1) is 15.7. The fourth-order valence-corrected chi connectivity index (χ4v) is 3.38. The predicted molar refractivity (Wildman–Crippen MR) is 95.2 cm³/mol. The molecule has 3 aromatic rings. The molecule has 0 amide bonds. The van der Waals surface area contributed by atoms with Crippen LogP contribution in [0.2, 0.25) is 0 Å². The average molecular weight is 308 g/mol. The molecule has 0 radical (unpaired) electrons. The van der Waals surface area contributed by atoms with Gasteiger partial charge in [0, 0.05) is 23.5 Å². The highest BCUT2D eigenvalue weighted by Gasteiger charge is 2.26. The van der Waals surface area contributed by atoms with E-state index < -0.39 is 0 Å². The van der Waals surface area contributed by atoms with Crippen LogP contribution in [0.15, 0.2) is 42.7 Å². The van der Waals surface area contributed by atoms with Crippen LogP contribution in [-0.4, -0.2) is 21.7 Å². The molecule has 2 aromatic heterocycles. The van der Waals surface area contributed by atoms with Crippen LogP contribution >= 0.6 is 0 Å². The lowest BCUT2D eigenvalue weighted by atomic mass is 9.75. The minimum Gasteiger partial charge on any atom is -0.330 e. The Hall–Kier alpha value is -2.20. The van der Waals surface area contributed by atoms with Crippen molar-refractivity contribution in [2.75, 3.05) is 6.54 Å². The first-order valence-corrected chi connectivity index (χ1v) is 8.12. The Bertz CT molecular complexity index is 806. The van der Waals surface area contributed by atoms with Crippen molar-refractivity contribution in [1.29, 1.82) is 0 Å². The molecule has 0 saturated heterocycles. The molecule has 120 valence electrons. The van der Waals surface area contributed by atoms with Gasteiger partial charge in [-0.15, -0.1) is 0 Å².